The number of carbonyl (C=O) groups excluding carboxylic acids is 5. The molecule has 0 radical (unpaired) electrons. The van der Waals surface area contributed by atoms with Crippen molar-refractivity contribution in [1.29, 1.82) is 0 Å². The Morgan fingerprint density at radius 3 is 1.51 bits per heavy atom. The molecule has 5 aromatic carbocycles. The maximum Gasteiger partial charge on any atom is 0.244 e. The summed E-state index contributed by atoms with van der Waals surface area (Å²) in [6, 6.07) is 42.1. The second kappa shape index (κ2) is 24.7. The average molecular weight is 841 g/mol. The smallest absolute Gasteiger partial charge is 0.244 e. The summed E-state index contributed by atoms with van der Waals surface area (Å²) in [6.07, 6.45) is 3.47. The van der Waals surface area contributed by atoms with Gasteiger partial charge in [-0.3, -0.25) is 24.0 Å². The molecule has 0 fully saturated rings. The van der Waals surface area contributed by atoms with E-state index in [0.29, 0.717) is 19.4 Å². The van der Waals surface area contributed by atoms with E-state index in [4.69, 9.17) is 5.73 Å². The molecule has 0 unspecified atom stereocenters. The molecule has 0 spiro atoms. The van der Waals surface area contributed by atoms with E-state index in [2.05, 4.69) is 26.6 Å². The van der Waals surface area contributed by atoms with E-state index in [-0.39, 0.29) is 49.8 Å². The maximum absolute atomic E-state index is 14.2. The molecule has 318 valence electrons. The lowest BCUT2D eigenvalue weighted by Gasteiger charge is -2.27. The zero-order chi connectivity index (χ0) is 43.2. The van der Waals surface area contributed by atoms with Crippen molar-refractivity contribution < 1.29 is 24.0 Å². The molecule has 12 heteroatoms. The Hall–Kier alpha value is -6.24. The first kappa shape index (κ1) is 45.8. The van der Waals surface area contributed by atoms with Gasteiger partial charge in [0.25, 0.3) is 0 Å². The minimum absolute atomic E-state index is 0.0664. The van der Waals surface area contributed by atoms with Crippen molar-refractivity contribution in [2.24, 2.45) is 5.73 Å². The third kappa shape index (κ3) is 15.4. The number of benzene rings is 5. The van der Waals surface area contributed by atoms with Gasteiger partial charge in [0, 0.05) is 25.1 Å². The SMILES string of the molecule is CSC[C@@H](NC(=O)Cc1ccc(-c2ccccc2)cc1)C(=O)N[C@H](CCCN)C(=O)N[C@@H](Cc1ccccc1)C(=O)N[C@@H](Cc1ccccc1)C(=O)NCCc1ccccc1. The summed E-state index contributed by atoms with van der Waals surface area (Å²) >= 11 is 1.39. The second-order valence-electron chi connectivity index (χ2n) is 14.8. The van der Waals surface area contributed by atoms with Gasteiger partial charge >= 0.3 is 0 Å². The van der Waals surface area contributed by atoms with Crippen LogP contribution in [0, 0.1) is 0 Å². The predicted molar refractivity (Wildman–Crippen MR) is 243 cm³/mol. The van der Waals surface area contributed by atoms with Crippen LogP contribution in [0.2, 0.25) is 0 Å². The van der Waals surface area contributed by atoms with Crippen LogP contribution in [0.5, 0.6) is 0 Å². The first-order valence-corrected chi connectivity index (χ1v) is 22.0. The molecule has 5 aromatic rings. The largest absolute Gasteiger partial charge is 0.354 e. The zero-order valence-electron chi connectivity index (χ0n) is 34.6. The van der Waals surface area contributed by atoms with Gasteiger partial charge in [0.05, 0.1) is 6.42 Å². The number of hydrogen-bond donors (Lipinski definition) is 6. The van der Waals surface area contributed by atoms with E-state index < -0.39 is 41.9 Å². The average Bonchev–Trinajstić information content (AvgIpc) is 3.28. The molecule has 0 saturated heterocycles. The minimum Gasteiger partial charge on any atom is -0.354 e. The molecule has 0 aliphatic rings. The van der Waals surface area contributed by atoms with Crippen molar-refractivity contribution in [3.63, 3.8) is 0 Å². The predicted octanol–water partition coefficient (Wildman–Crippen LogP) is 4.78. The summed E-state index contributed by atoms with van der Waals surface area (Å²) in [4.78, 5) is 69.1. The highest BCUT2D eigenvalue weighted by atomic mass is 32.2. The fraction of sp³-hybridized carbons (Fsp3) is 0.286. The molecule has 0 heterocycles. The van der Waals surface area contributed by atoms with Crippen molar-refractivity contribution in [3.8, 4) is 11.1 Å². The van der Waals surface area contributed by atoms with Gasteiger partial charge in [0.15, 0.2) is 0 Å². The summed E-state index contributed by atoms with van der Waals surface area (Å²) < 4.78 is 0. The minimum atomic E-state index is -1.10. The van der Waals surface area contributed by atoms with Gasteiger partial charge in [-0.2, -0.15) is 11.8 Å². The highest BCUT2D eigenvalue weighted by Gasteiger charge is 2.31. The Labute approximate surface area is 363 Å². The number of amides is 5. The first-order valence-electron chi connectivity index (χ1n) is 20.7. The van der Waals surface area contributed by atoms with Crippen molar-refractivity contribution >= 4 is 41.3 Å². The molecule has 4 atom stereocenters. The summed E-state index contributed by atoms with van der Waals surface area (Å²) in [6.45, 7) is 0.638. The van der Waals surface area contributed by atoms with Gasteiger partial charge < -0.3 is 32.3 Å². The molecule has 0 aliphatic heterocycles. The van der Waals surface area contributed by atoms with Crippen molar-refractivity contribution in [3.05, 3.63) is 168 Å². The zero-order valence-corrected chi connectivity index (χ0v) is 35.4. The quantitative estimate of drug-likeness (QED) is 0.0550. The van der Waals surface area contributed by atoms with Crippen LogP contribution >= 0.6 is 11.8 Å². The van der Waals surface area contributed by atoms with Crippen LogP contribution in [0.15, 0.2) is 146 Å². The van der Waals surface area contributed by atoms with Crippen molar-refractivity contribution in [1.82, 2.24) is 26.6 Å². The van der Waals surface area contributed by atoms with Crippen LogP contribution in [0.3, 0.4) is 0 Å². The van der Waals surface area contributed by atoms with Gasteiger partial charge in [-0.05, 0) is 65.4 Å². The van der Waals surface area contributed by atoms with Gasteiger partial charge in [-0.15, -0.1) is 0 Å². The first-order chi connectivity index (χ1) is 29.7. The Morgan fingerprint density at radius 2 is 0.967 bits per heavy atom. The van der Waals surface area contributed by atoms with Crippen molar-refractivity contribution in [2.75, 3.05) is 25.1 Å². The van der Waals surface area contributed by atoms with Crippen LogP contribution in [-0.4, -0.2) is 78.8 Å². The molecule has 0 bridgehead atoms. The molecule has 0 saturated carbocycles. The van der Waals surface area contributed by atoms with Gasteiger partial charge in [0.2, 0.25) is 29.5 Å². The van der Waals surface area contributed by atoms with Crippen LogP contribution in [-0.2, 0) is 49.7 Å². The molecule has 5 rings (SSSR count). The molecule has 7 N–H and O–H groups in total. The lowest BCUT2D eigenvalue weighted by molar-refractivity contribution is -0.134. The molecule has 61 heavy (non-hydrogen) atoms. The number of thioether (sulfide) groups is 1. The Bertz CT molecular complexity index is 2130. The van der Waals surface area contributed by atoms with E-state index in [1.807, 2.05) is 152 Å². The van der Waals surface area contributed by atoms with Crippen LogP contribution < -0.4 is 32.3 Å². The second-order valence-corrected chi connectivity index (χ2v) is 15.7. The third-order valence-electron chi connectivity index (χ3n) is 10.1. The van der Waals surface area contributed by atoms with Gasteiger partial charge in [-0.1, -0.05) is 146 Å². The number of nitrogens with two attached hydrogens (primary N) is 1. The number of hydrogen-bond acceptors (Lipinski definition) is 7. The monoisotopic (exact) mass is 840 g/mol. The van der Waals surface area contributed by atoms with Crippen LogP contribution in [0.4, 0.5) is 0 Å². The summed E-state index contributed by atoms with van der Waals surface area (Å²) in [5.74, 6) is -2.08. The van der Waals surface area contributed by atoms with Gasteiger partial charge in [0.1, 0.15) is 24.2 Å². The lowest BCUT2D eigenvalue weighted by Crippen LogP contribution is -2.59. The number of rotatable bonds is 23. The molecule has 0 aromatic heterocycles. The summed E-state index contributed by atoms with van der Waals surface area (Å²) in [5, 5.41) is 14.5. The molecular weight excluding hydrogens is 785 g/mol. The Balaban J connectivity index is 1.27. The van der Waals surface area contributed by atoms with Crippen LogP contribution in [0.1, 0.15) is 35.1 Å². The fourth-order valence-corrected chi connectivity index (χ4v) is 7.42. The lowest BCUT2D eigenvalue weighted by atomic mass is 10.0. The van der Waals surface area contributed by atoms with E-state index >= 15 is 0 Å². The van der Waals surface area contributed by atoms with E-state index in [1.165, 1.54) is 11.8 Å². The highest BCUT2D eigenvalue weighted by Crippen LogP contribution is 2.19. The van der Waals surface area contributed by atoms with E-state index in [9.17, 15) is 24.0 Å². The highest BCUT2D eigenvalue weighted by molar-refractivity contribution is 7.98. The molecule has 11 nitrogen and oxygen atoms in total. The topological polar surface area (TPSA) is 172 Å². The molecule has 0 aliphatic carbocycles. The maximum atomic E-state index is 14.2. The van der Waals surface area contributed by atoms with Crippen molar-refractivity contribution in [2.45, 2.75) is 62.7 Å². The van der Waals surface area contributed by atoms with E-state index in [1.54, 1.807) is 0 Å². The molecule has 5 amide bonds. The summed E-state index contributed by atoms with van der Waals surface area (Å²) in [5.41, 5.74) is 11.5. The van der Waals surface area contributed by atoms with Gasteiger partial charge in [-0.25, -0.2) is 0 Å². The van der Waals surface area contributed by atoms with E-state index in [0.717, 1.165) is 33.4 Å². The molecular formula is C49H56N6O5S. The third-order valence-corrected chi connectivity index (χ3v) is 10.8. The summed E-state index contributed by atoms with van der Waals surface area (Å²) in [7, 11) is 0. The standard InChI is InChI=1S/C49H56N6O5S/c1-61-34-44(52-45(56)33-38-24-26-40(27-25-38)39-21-12-5-13-22-39)49(60)53-41(23-14-29-50)47(58)55-43(32-37-19-10-4-11-20-37)48(59)54-42(31-36-17-8-3-9-18-36)46(57)51-30-28-35-15-6-2-7-16-35/h2-13,15-22,24-27,41-44H,14,23,28-34,50H2,1H3,(H,51,57)(H,52,56)(H,53,60)(H,54,59)(H,55,58)/t41-,42+,43+,44-/m1/s1. The Morgan fingerprint density at radius 1 is 0.508 bits per heavy atom. The fourth-order valence-electron chi connectivity index (χ4n) is 6.85. The normalized spacial score (nSPS) is 12.8. The number of carbonyl (C=O) groups is 5. The Kier molecular flexibility index (Phi) is 18.6. The van der Waals surface area contributed by atoms with Crippen LogP contribution in [0.25, 0.3) is 11.1 Å². The number of nitrogens with one attached hydrogen (secondary N) is 5.